The minimum atomic E-state index is -0.132. The Morgan fingerprint density at radius 1 is 1.11 bits per heavy atom. The van der Waals surface area contributed by atoms with Gasteiger partial charge in [-0.1, -0.05) is 24.6 Å². The molecule has 0 bridgehead atoms. The number of carbonyl (C=O) groups is 1. The van der Waals surface area contributed by atoms with Crippen LogP contribution in [-0.4, -0.2) is 43.7 Å². The largest absolute Gasteiger partial charge is 0.492 e. The van der Waals surface area contributed by atoms with Crippen LogP contribution in [0.15, 0.2) is 48.5 Å². The molecule has 6 nitrogen and oxygen atoms in total. The zero-order valence-corrected chi connectivity index (χ0v) is 16.0. The van der Waals surface area contributed by atoms with Crippen molar-refractivity contribution < 1.29 is 14.4 Å². The van der Waals surface area contributed by atoms with E-state index in [0.29, 0.717) is 18.8 Å². The lowest BCUT2D eigenvalue weighted by Gasteiger charge is -2.29. The Morgan fingerprint density at radius 2 is 1.86 bits per heavy atom. The van der Waals surface area contributed by atoms with Gasteiger partial charge >= 0.3 is 0 Å². The lowest BCUT2D eigenvalue weighted by atomic mass is 10.0. The van der Waals surface area contributed by atoms with E-state index in [1.54, 1.807) is 12.1 Å². The summed E-state index contributed by atoms with van der Waals surface area (Å²) in [6, 6.07) is 15.2. The summed E-state index contributed by atoms with van der Waals surface area (Å²) >= 11 is 0. The Bertz CT molecular complexity index is 784. The molecule has 148 valence electrons. The second-order valence-corrected chi connectivity index (χ2v) is 7.30. The maximum atomic E-state index is 12.6. The van der Waals surface area contributed by atoms with Crippen molar-refractivity contribution in [1.29, 1.82) is 0 Å². The molecule has 2 saturated heterocycles. The summed E-state index contributed by atoms with van der Waals surface area (Å²) < 4.78 is 5.84. The third-order valence-corrected chi connectivity index (χ3v) is 5.30. The van der Waals surface area contributed by atoms with Gasteiger partial charge in [-0.3, -0.25) is 14.5 Å². The van der Waals surface area contributed by atoms with Crippen LogP contribution in [0.4, 0.5) is 5.69 Å². The van der Waals surface area contributed by atoms with Gasteiger partial charge in [0.2, 0.25) is 0 Å². The molecule has 28 heavy (non-hydrogen) atoms. The van der Waals surface area contributed by atoms with E-state index in [9.17, 15) is 4.79 Å². The first-order valence-electron chi connectivity index (χ1n) is 10.0. The van der Waals surface area contributed by atoms with Gasteiger partial charge in [0, 0.05) is 17.8 Å². The minimum Gasteiger partial charge on any atom is -0.492 e. The van der Waals surface area contributed by atoms with Crippen molar-refractivity contribution in [3.05, 3.63) is 59.7 Å². The molecule has 2 aliphatic heterocycles. The lowest BCUT2D eigenvalue weighted by molar-refractivity contribution is -0.0995. The van der Waals surface area contributed by atoms with Crippen LogP contribution in [0.1, 0.15) is 41.2 Å². The number of likely N-dealkylation sites (tertiary alicyclic amines) is 1. The molecular weight excluding hydrogens is 354 g/mol. The van der Waals surface area contributed by atoms with E-state index < -0.39 is 0 Å². The van der Waals surface area contributed by atoms with Gasteiger partial charge in [0.05, 0.1) is 12.6 Å². The summed E-state index contributed by atoms with van der Waals surface area (Å²) in [5, 5.41) is 3.00. The molecule has 2 N–H and O–H groups in total. The molecule has 1 unspecified atom stereocenters. The number of hydrogen-bond acceptors (Lipinski definition) is 5. The second kappa shape index (κ2) is 9.19. The van der Waals surface area contributed by atoms with Crippen molar-refractivity contribution in [3.8, 4) is 5.75 Å². The lowest BCUT2D eigenvalue weighted by Crippen LogP contribution is -2.38. The molecule has 6 heteroatoms. The van der Waals surface area contributed by atoms with E-state index in [-0.39, 0.29) is 11.9 Å². The van der Waals surface area contributed by atoms with Crippen molar-refractivity contribution in [2.45, 2.75) is 25.3 Å². The zero-order valence-electron chi connectivity index (χ0n) is 16.0. The highest BCUT2D eigenvalue weighted by molar-refractivity contribution is 6.04. The smallest absolute Gasteiger partial charge is 0.255 e. The molecule has 0 saturated carbocycles. The topological polar surface area (TPSA) is 62.8 Å². The number of hydroxylamine groups is 1. The van der Waals surface area contributed by atoms with Gasteiger partial charge in [0.25, 0.3) is 5.91 Å². The van der Waals surface area contributed by atoms with Gasteiger partial charge in [0.15, 0.2) is 0 Å². The number of benzene rings is 2. The molecule has 4 rings (SSSR count). The highest BCUT2D eigenvalue weighted by Crippen LogP contribution is 2.27. The summed E-state index contributed by atoms with van der Waals surface area (Å²) in [7, 11) is 0. The molecule has 2 heterocycles. The monoisotopic (exact) mass is 381 g/mol. The fraction of sp³-hybridized carbons (Fsp3) is 0.409. The Morgan fingerprint density at radius 3 is 2.57 bits per heavy atom. The summed E-state index contributed by atoms with van der Waals surface area (Å²) in [6.07, 6.45) is 3.92. The Balaban J connectivity index is 1.30. The molecular formula is C22H27N3O3. The third-order valence-electron chi connectivity index (χ3n) is 5.30. The maximum Gasteiger partial charge on any atom is 0.255 e. The SMILES string of the molecule is O=C(Nc1ccccc1C1CON1)c1ccc(OCCN2CCCCC2)cc1. The summed E-state index contributed by atoms with van der Waals surface area (Å²) in [5.41, 5.74) is 5.33. The van der Waals surface area contributed by atoms with E-state index in [4.69, 9.17) is 9.57 Å². The van der Waals surface area contributed by atoms with Crippen LogP contribution in [0.5, 0.6) is 5.75 Å². The number of para-hydroxylation sites is 1. The van der Waals surface area contributed by atoms with Gasteiger partial charge in [-0.25, -0.2) is 0 Å². The first kappa shape index (κ1) is 18.9. The average molecular weight is 381 g/mol. The number of hydrogen-bond donors (Lipinski definition) is 2. The number of nitrogens with zero attached hydrogens (tertiary/aromatic N) is 1. The minimum absolute atomic E-state index is 0.118. The van der Waals surface area contributed by atoms with Gasteiger partial charge in [-0.15, -0.1) is 0 Å². The number of nitrogens with one attached hydrogen (secondary N) is 2. The Kier molecular flexibility index (Phi) is 6.21. The van der Waals surface area contributed by atoms with Gasteiger partial charge in [0.1, 0.15) is 12.4 Å². The normalized spacial score (nSPS) is 19.6. The van der Waals surface area contributed by atoms with Crippen LogP contribution in [0, 0.1) is 0 Å². The van der Waals surface area contributed by atoms with Crippen LogP contribution in [0.3, 0.4) is 0 Å². The highest BCUT2D eigenvalue weighted by atomic mass is 16.7. The van der Waals surface area contributed by atoms with Crippen molar-refractivity contribution in [2.24, 2.45) is 0 Å². The number of rotatable bonds is 7. The highest BCUT2D eigenvalue weighted by Gasteiger charge is 2.23. The number of carbonyl (C=O) groups excluding carboxylic acids is 1. The number of amides is 1. The van der Waals surface area contributed by atoms with Crippen LogP contribution in [0.25, 0.3) is 0 Å². The van der Waals surface area contributed by atoms with Crippen LogP contribution in [-0.2, 0) is 4.84 Å². The molecule has 0 spiro atoms. The average Bonchev–Trinajstić information content (AvgIpc) is 2.69. The molecule has 0 aromatic heterocycles. The van der Waals surface area contributed by atoms with Crippen molar-refractivity contribution in [2.75, 3.05) is 38.2 Å². The summed E-state index contributed by atoms with van der Waals surface area (Å²) in [4.78, 5) is 20.1. The second-order valence-electron chi connectivity index (χ2n) is 7.30. The maximum absolute atomic E-state index is 12.6. The predicted molar refractivity (Wildman–Crippen MR) is 108 cm³/mol. The quantitative estimate of drug-likeness (QED) is 0.770. The van der Waals surface area contributed by atoms with Crippen LogP contribution >= 0.6 is 0 Å². The molecule has 2 aromatic carbocycles. The third kappa shape index (κ3) is 4.70. The van der Waals surface area contributed by atoms with Crippen molar-refractivity contribution >= 4 is 11.6 Å². The van der Waals surface area contributed by atoms with Gasteiger partial charge in [-0.2, -0.15) is 5.48 Å². The first-order valence-corrected chi connectivity index (χ1v) is 10.0. The molecule has 2 aromatic rings. The van der Waals surface area contributed by atoms with E-state index >= 15 is 0 Å². The molecule has 0 radical (unpaired) electrons. The van der Waals surface area contributed by atoms with E-state index in [1.807, 2.05) is 36.4 Å². The number of ether oxygens (including phenoxy) is 1. The van der Waals surface area contributed by atoms with Crippen LogP contribution < -0.4 is 15.5 Å². The number of piperidine rings is 1. The molecule has 1 amide bonds. The standard InChI is InChI=1S/C22H27N3O3/c26-22(23-20-7-3-2-6-19(20)21-16-28-24-21)17-8-10-18(11-9-17)27-15-14-25-12-4-1-5-13-25/h2-3,6-11,21,24H,1,4-5,12-16H2,(H,23,26). The molecule has 0 aliphatic carbocycles. The zero-order chi connectivity index (χ0) is 19.2. The Hall–Kier alpha value is -2.41. The molecule has 2 aliphatic rings. The fourth-order valence-electron chi connectivity index (χ4n) is 3.61. The molecule has 1 atom stereocenters. The van der Waals surface area contributed by atoms with Crippen LogP contribution in [0.2, 0.25) is 0 Å². The summed E-state index contributed by atoms with van der Waals surface area (Å²) in [6.45, 7) is 4.59. The fourth-order valence-corrected chi connectivity index (χ4v) is 3.61. The van der Waals surface area contributed by atoms with Gasteiger partial charge in [-0.05, 0) is 61.8 Å². The number of anilines is 1. The van der Waals surface area contributed by atoms with E-state index in [1.165, 1.54) is 32.4 Å². The predicted octanol–water partition coefficient (Wildman–Crippen LogP) is 3.38. The van der Waals surface area contributed by atoms with Crippen molar-refractivity contribution in [1.82, 2.24) is 10.4 Å². The Labute approximate surface area is 165 Å². The van der Waals surface area contributed by atoms with E-state index in [0.717, 1.165) is 23.5 Å². The van der Waals surface area contributed by atoms with E-state index in [2.05, 4.69) is 15.7 Å². The first-order chi connectivity index (χ1) is 13.8. The van der Waals surface area contributed by atoms with Crippen molar-refractivity contribution in [3.63, 3.8) is 0 Å². The summed E-state index contributed by atoms with van der Waals surface area (Å²) in [5.74, 6) is 0.664. The van der Waals surface area contributed by atoms with Gasteiger partial charge < -0.3 is 10.1 Å². The molecule has 2 fully saturated rings.